The molecule has 0 saturated heterocycles. The van der Waals surface area contributed by atoms with Crippen LogP contribution in [0.4, 0.5) is 0 Å². The Morgan fingerprint density at radius 2 is 2.00 bits per heavy atom. The van der Waals surface area contributed by atoms with Crippen LogP contribution >= 0.6 is 11.6 Å². The van der Waals surface area contributed by atoms with Gasteiger partial charge in [0.2, 0.25) is 5.91 Å². The van der Waals surface area contributed by atoms with Gasteiger partial charge in [-0.15, -0.1) is 0 Å². The van der Waals surface area contributed by atoms with Gasteiger partial charge in [-0.2, -0.15) is 0 Å². The van der Waals surface area contributed by atoms with Crippen LogP contribution in [-0.2, 0) is 14.6 Å². The first kappa shape index (κ1) is 15.5. The van der Waals surface area contributed by atoms with Crippen molar-refractivity contribution in [3.63, 3.8) is 0 Å². The summed E-state index contributed by atoms with van der Waals surface area (Å²) in [6.45, 7) is 1.98. The van der Waals surface area contributed by atoms with Gasteiger partial charge >= 0.3 is 5.97 Å². The molecular formula is C11H12ClNO5S. The van der Waals surface area contributed by atoms with Crippen LogP contribution in [0, 0.1) is 0 Å². The fourth-order valence-corrected chi connectivity index (χ4v) is 2.75. The summed E-state index contributed by atoms with van der Waals surface area (Å²) in [5, 5.41) is 11.2. The lowest BCUT2D eigenvalue weighted by Crippen LogP contribution is -2.30. The Balaban J connectivity index is 3.12. The SMILES string of the molecule is CCNC(=O)CS(=O)(=O)c1ccc(Cl)c(C(=O)O)c1. The summed E-state index contributed by atoms with van der Waals surface area (Å²) < 4.78 is 23.8. The van der Waals surface area contributed by atoms with Gasteiger partial charge in [0.25, 0.3) is 0 Å². The highest BCUT2D eigenvalue weighted by Crippen LogP contribution is 2.21. The molecule has 0 aliphatic carbocycles. The molecule has 0 aliphatic heterocycles. The highest BCUT2D eigenvalue weighted by Gasteiger charge is 2.21. The molecule has 1 aromatic rings. The molecule has 0 spiro atoms. The molecule has 0 unspecified atom stereocenters. The van der Waals surface area contributed by atoms with Crippen molar-refractivity contribution in [3.05, 3.63) is 28.8 Å². The number of nitrogens with one attached hydrogen (secondary N) is 1. The summed E-state index contributed by atoms with van der Waals surface area (Å²) in [6, 6.07) is 3.29. The second-order valence-corrected chi connectivity index (χ2v) is 6.06. The van der Waals surface area contributed by atoms with Gasteiger partial charge in [0.15, 0.2) is 9.84 Å². The number of carboxylic acid groups (broad SMARTS) is 1. The predicted molar refractivity (Wildman–Crippen MR) is 69.1 cm³/mol. The van der Waals surface area contributed by atoms with Crippen LogP contribution in [-0.4, -0.2) is 37.7 Å². The molecule has 0 saturated carbocycles. The van der Waals surface area contributed by atoms with Gasteiger partial charge in [-0.1, -0.05) is 11.6 Å². The molecular weight excluding hydrogens is 294 g/mol. The van der Waals surface area contributed by atoms with Crippen LogP contribution in [0.2, 0.25) is 5.02 Å². The summed E-state index contributed by atoms with van der Waals surface area (Å²) >= 11 is 5.64. The maximum atomic E-state index is 11.9. The minimum Gasteiger partial charge on any atom is -0.478 e. The van der Waals surface area contributed by atoms with E-state index < -0.39 is 27.5 Å². The zero-order chi connectivity index (χ0) is 14.6. The Bertz CT molecular complexity index is 612. The molecule has 0 heterocycles. The quantitative estimate of drug-likeness (QED) is 0.843. The Kier molecular flexibility index (Phi) is 4.90. The Morgan fingerprint density at radius 3 is 2.53 bits per heavy atom. The van der Waals surface area contributed by atoms with Crippen molar-refractivity contribution < 1.29 is 23.1 Å². The first-order chi connectivity index (χ1) is 8.77. The first-order valence-electron chi connectivity index (χ1n) is 5.30. The maximum absolute atomic E-state index is 11.9. The third-order valence-corrected chi connectivity index (χ3v) is 4.17. The van der Waals surface area contributed by atoms with E-state index in [0.29, 0.717) is 6.54 Å². The smallest absolute Gasteiger partial charge is 0.337 e. The van der Waals surface area contributed by atoms with E-state index in [9.17, 15) is 18.0 Å². The van der Waals surface area contributed by atoms with E-state index in [0.717, 1.165) is 6.07 Å². The lowest BCUT2D eigenvalue weighted by Gasteiger charge is -2.06. The number of halogens is 1. The molecule has 1 rings (SSSR count). The molecule has 1 amide bonds. The lowest BCUT2D eigenvalue weighted by molar-refractivity contribution is -0.118. The molecule has 19 heavy (non-hydrogen) atoms. The molecule has 0 fully saturated rings. The Morgan fingerprint density at radius 1 is 1.37 bits per heavy atom. The monoisotopic (exact) mass is 305 g/mol. The topological polar surface area (TPSA) is 101 Å². The number of rotatable bonds is 5. The number of sulfone groups is 1. The van der Waals surface area contributed by atoms with Crippen molar-refractivity contribution in [3.8, 4) is 0 Å². The van der Waals surface area contributed by atoms with E-state index in [1.807, 2.05) is 0 Å². The number of carbonyl (C=O) groups excluding carboxylic acids is 1. The second-order valence-electron chi connectivity index (χ2n) is 3.66. The fraction of sp³-hybridized carbons (Fsp3) is 0.273. The number of amides is 1. The second kappa shape index (κ2) is 6.03. The zero-order valence-electron chi connectivity index (χ0n) is 10.0. The molecule has 0 aromatic heterocycles. The molecule has 1 aromatic carbocycles. The summed E-state index contributed by atoms with van der Waals surface area (Å²) in [5.74, 6) is -2.71. The molecule has 104 valence electrons. The van der Waals surface area contributed by atoms with Crippen LogP contribution in [0.25, 0.3) is 0 Å². The molecule has 6 nitrogen and oxygen atoms in total. The number of aromatic carboxylic acids is 1. The number of hydrogen-bond donors (Lipinski definition) is 2. The van der Waals surface area contributed by atoms with Crippen molar-refractivity contribution in [2.45, 2.75) is 11.8 Å². The fourth-order valence-electron chi connectivity index (χ4n) is 1.37. The van der Waals surface area contributed by atoms with Gasteiger partial charge in [0, 0.05) is 6.54 Å². The summed E-state index contributed by atoms with van der Waals surface area (Å²) in [6.07, 6.45) is 0. The molecule has 0 atom stereocenters. The van der Waals surface area contributed by atoms with Crippen LogP contribution in [0.5, 0.6) is 0 Å². The largest absolute Gasteiger partial charge is 0.478 e. The third-order valence-electron chi connectivity index (χ3n) is 2.22. The van der Waals surface area contributed by atoms with Crippen LogP contribution in [0.3, 0.4) is 0 Å². The molecule has 0 radical (unpaired) electrons. The van der Waals surface area contributed by atoms with Crippen molar-refractivity contribution in [2.24, 2.45) is 0 Å². The normalized spacial score (nSPS) is 11.1. The van der Waals surface area contributed by atoms with E-state index >= 15 is 0 Å². The van der Waals surface area contributed by atoms with Gasteiger partial charge in [-0.05, 0) is 25.1 Å². The van der Waals surface area contributed by atoms with E-state index in [1.54, 1.807) is 6.92 Å². The average molecular weight is 306 g/mol. The van der Waals surface area contributed by atoms with E-state index in [1.165, 1.54) is 12.1 Å². The molecule has 8 heteroatoms. The van der Waals surface area contributed by atoms with Gasteiger partial charge in [-0.25, -0.2) is 13.2 Å². The average Bonchev–Trinajstić information content (AvgIpc) is 2.28. The molecule has 0 aliphatic rings. The maximum Gasteiger partial charge on any atom is 0.337 e. The van der Waals surface area contributed by atoms with Gasteiger partial charge < -0.3 is 10.4 Å². The minimum absolute atomic E-state index is 0.0653. The van der Waals surface area contributed by atoms with Crippen LogP contribution in [0.15, 0.2) is 23.1 Å². The summed E-state index contributed by atoms with van der Waals surface area (Å²) in [7, 11) is -3.89. The minimum atomic E-state index is -3.89. The third kappa shape index (κ3) is 3.93. The molecule has 2 N–H and O–H groups in total. The number of carbonyl (C=O) groups is 2. The highest BCUT2D eigenvalue weighted by molar-refractivity contribution is 7.92. The van der Waals surface area contributed by atoms with E-state index in [4.69, 9.17) is 16.7 Å². The highest BCUT2D eigenvalue weighted by atomic mass is 35.5. The van der Waals surface area contributed by atoms with Crippen molar-refractivity contribution in [1.82, 2.24) is 5.32 Å². The Hall–Kier alpha value is -1.60. The van der Waals surface area contributed by atoms with Gasteiger partial charge in [0.1, 0.15) is 5.75 Å². The lowest BCUT2D eigenvalue weighted by atomic mass is 10.2. The number of carboxylic acids is 1. The van der Waals surface area contributed by atoms with Crippen LogP contribution in [0.1, 0.15) is 17.3 Å². The van der Waals surface area contributed by atoms with Crippen molar-refractivity contribution in [2.75, 3.05) is 12.3 Å². The van der Waals surface area contributed by atoms with E-state index in [2.05, 4.69) is 5.32 Å². The predicted octanol–water partition coefficient (Wildman–Crippen LogP) is 0.948. The number of benzene rings is 1. The number of hydrogen-bond acceptors (Lipinski definition) is 4. The summed E-state index contributed by atoms with van der Waals surface area (Å²) in [5.41, 5.74) is -0.321. The summed E-state index contributed by atoms with van der Waals surface area (Å²) in [4.78, 5) is 21.9. The van der Waals surface area contributed by atoms with Crippen molar-refractivity contribution >= 4 is 33.3 Å². The molecule has 0 bridgehead atoms. The zero-order valence-corrected chi connectivity index (χ0v) is 11.6. The van der Waals surface area contributed by atoms with Gasteiger partial charge in [-0.3, -0.25) is 4.79 Å². The van der Waals surface area contributed by atoms with Crippen molar-refractivity contribution in [1.29, 1.82) is 0 Å². The standard InChI is InChI=1S/C11H12ClNO5S/c1-2-13-10(14)6-19(17,18)7-3-4-9(12)8(5-7)11(15)16/h3-5H,2,6H2,1H3,(H,13,14)(H,15,16). The van der Waals surface area contributed by atoms with Crippen LogP contribution < -0.4 is 5.32 Å². The van der Waals surface area contributed by atoms with E-state index in [-0.39, 0.29) is 15.5 Å². The first-order valence-corrected chi connectivity index (χ1v) is 7.33. The van der Waals surface area contributed by atoms with Gasteiger partial charge in [0.05, 0.1) is 15.5 Å². The Labute approximate surface area is 115 Å².